The molecule has 1 rings (SSSR count). The van der Waals surface area contributed by atoms with Gasteiger partial charge in [-0.05, 0) is 13.0 Å². The molecule has 0 unspecified atom stereocenters. The molecule has 0 spiro atoms. The number of nitro benzene ring substituents is 1. The van der Waals surface area contributed by atoms with Crippen LogP contribution in [0.4, 0.5) is 5.69 Å². The van der Waals surface area contributed by atoms with E-state index in [1.165, 1.54) is 25.1 Å². The highest BCUT2D eigenvalue weighted by molar-refractivity contribution is 5.99. The lowest BCUT2D eigenvalue weighted by molar-refractivity contribution is -0.385. The molecule has 0 aliphatic heterocycles. The van der Waals surface area contributed by atoms with E-state index in [0.717, 1.165) is 0 Å². The lowest BCUT2D eigenvalue weighted by atomic mass is 10.1. The van der Waals surface area contributed by atoms with E-state index in [1.54, 1.807) is 0 Å². The van der Waals surface area contributed by atoms with E-state index in [1.807, 2.05) is 5.32 Å². The number of carbonyl (C=O) groups excluding carboxylic acids is 1. The van der Waals surface area contributed by atoms with E-state index in [2.05, 4.69) is 0 Å². The Labute approximate surface area is 118 Å². The summed E-state index contributed by atoms with van der Waals surface area (Å²) < 4.78 is 0. The van der Waals surface area contributed by atoms with Gasteiger partial charge in [0.05, 0.1) is 11.3 Å². The number of carboxylic acid groups (broad SMARTS) is 2. The molecule has 0 heterocycles. The van der Waals surface area contributed by atoms with Gasteiger partial charge in [0.15, 0.2) is 0 Å². The van der Waals surface area contributed by atoms with Crippen LogP contribution in [0, 0.1) is 17.0 Å². The summed E-state index contributed by atoms with van der Waals surface area (Å²) in [4.78, 5) is 43.5. The van der Waals surface area contributed by atoms with Crippen molar-refractivity contribution < 1.29 is 29.5 Å². The molecule has 0 aliphatic carbocycles. The number of aliphatic carboxylic acids is 2. The SMILES string of the molecule is Cc1c(C(=O)N[C@H](CC(=O)O)C(=O)O)cccc1[N+](=O)[O-]. The fourth-order valence-corrected chi connectivity index (χ4v) is 1.68. The summed E-state index contributed by atoms with van der Waals surface area (Å²) in [6.45, 7) is 1.35. The smallest absolute Gasteiger partial charge is 0.326 e. The molecule has 9 heteroatoms. The topological polar surface area (TPSA) is 147 Å². The molecule has 112 valence electrons. The Morgan fingerprint density at radius 3 is 2.43 bits per heavy atom. The number of hydrogen-bond acceptors (Lipinski definition) is 5. The Bertz CT molecular complexity index is 612. The number of nitrogens with one attached hydrogen (secondary N) is 1. The summed E-state index contributed by atoms with van der Waals surface area (Å²) in [5, 5.41) is 30.2. The first kappa shape index (κ1) is 16.1. The van der Waals surface area contributed by atoms with Crippen molar-refractivity contribution in [3.05, 3.63) is 39.4 Å². The Hall–Kier alpha value is -2.97. The number of nitrogens with zero attached hydrogens (tertiary/aromatic N) is 1. The highest BCUT2D eigenvalue weighted by Gasteiger charge is 2.25. The quantitative estimate of drug-likeness (QED) is 0.513. The number of amides is 1. The van der Waals surface area contributed by atoms with Crippen LogP contribution >= 0.6 is 0 Å². The van der Waals surface area contributed by atoms with Crippen LogP contribution in [0.2, 0.25) is 0 Å². The number of carboxylic acids is 2. The molecular formula is C12H12N2O7. The van der Waals surface area contributed by atoms with Gasteiger partial charge in [-0.3, -0.25) is 19.7 Å². The first-order valence-corrected chi connectivity index (χ1v) is 5.73. The number of benzene rings is 1. The standard InChI is InChI=1S/C12H12N2O7/c1-6-7(3-2-4-9(6)14(20)21)11(17)13-8(12(18)19)5-10(15)16/h2-4,8H,5H2,1H3,(H,13,17)(H,15,16)(H,18,19)/t8-/m1/s1. The summed E-state index contributed by atoms with van der Waals surface area (Å²) in [7, 11) is 0. The molecule has 0 radical (unpaired) electrons. The van der Waals surface area contributed by atoms with Gasteiger partial charge in [-0.1, -0.05) is 6.07 Å². The predicted octanol–water partition coefficient (Wildman–Crippen LogP) is 0.561. The van der Waals surface area contributed by atoms with E-state index < -0.39 is 35.2 Å². The minimum absolute atomic E-state index is 0.0689. The van der Waals surface area contributed by atoms with Gasteiger partial charge in [-0.15, -0.1) is 0 Å². The maximum atomic E-state index is 11.9. The van der Waals surface area contributed by atoms with E-state index in [9.17, 15) is 24.5 Å². The van der Waals surface area contributed by atoms with Crippen LogP contribution in [0.25, 0.3) is 0 Å². The molecule has 0 saturated heterocycles. The molecule has 1 aromatic carbocycles. The third kappa shape index (κ3) is 4.00. The number of rotatable bonds is 6. The summed E-state index contributed by atoms with van der Waals surface area (Å²) in [5.74, 6) is -3.78. The van der Waals surface area contributed by atoms with Crippen molar-refractivity contribution in [2.75, 3.05) is 0 Å². The second-order valence-electron chi connectivity index (χ2n) is 4.17. The van der Waals surface area contributed by atoms with Gasteiger partial charge in [-0.25, -0.2) is 4.79 Å². The normalized spacial score (nSPS) is 11.5. The van der Waals surface area contributed by atoms with Crippen LogP contribution < -0.4 is 5.32 Å². The second kappa shape index (κ2) is 6.46. The molecular weight excluding hydrogens is 284 g/mol. The van der Waals surface area contributed by atoms with Crippen LogP contribution in [-0.2, 0) is 9.59 Å². The van der Waals surface area contributed by atoms with E-state index in [0.29, 0.717) is 0 Å². The van der Waals surface area contributed by atoms with Gasteiger partial charge in [0, 0.05) is 17.2 Å². The highest BCUT2D eigenvalue weighted by Crippen LogP contribution is 2.21. The van der Waals surface area contributed by atoms with Crippen molar-refractivity contribution >= 4 is 23.5 Å². The maximum absolute atomic E-state index is 11.9. The van der Waals surface area contributed by atoms with Crippen molar-refractivity contribution in [2.24, 2.45) is 0 Å². The zero-order valence-electron chi connectivity index (χ0n) is 10.9. The number of carbonyl (C=O) groups is 3. The Morgan fingerprint density at radius 1 is 1.33 bits per heavy atom. The molecule has 0 saturated carbocycles. The third-order valence-electron chi connectivity index (χ3n) is 2.73. The molecule has 1 amide bonds. The van der Waals surface area contributed by atoms with Crippen molar-refractivity contribution in [1.29, 1.82) is 0 Å². The Balaban J connectivity index is 3.03. The summed E-state index contributed by atoms with van der Waals surface area (Å²) >= 11 is 0. The lowest BCUT2D eigenvalue weighted by Gasteiger charge is -2.13. The van der Waals surface area contributed by atoms with Crippen molar-refractivity contribution in [1.82, 2.24) is 5.32 Å². The minimum atomic E-state index is -1.62. The largest absolute Gasteiger partial charge is 0.481 e. The average Bonchev–Trinajstić information content (AvgIpc) is 2.36. The monoisotopic (exact) mass is 296 g/mol. The predicted molar refractivity (Wildman–Crippen MR) is 69.0 cm³/mol. The van der Waals surface area contributed by atoms with Gasteiger partial charge in [0.1, 0.15) is 6.04 Å². The number of hydrogen-bond donors (Lipinski definition) is 3. The second-order valence-corrected chi connectivity index (χ2v) is 4.17. The summed E-state index contributed by atoms with van der Waals surface area (Å²) in [6, 6.07) is 2.16. The van der Waals surface area contributed by atoms with Crippen LogP contribution in [-0.4, -0.2) is 39.0 Å². The van der Waals surface area contributed by atoms with Gasteiger partial charge in [0.25, 0.3) is 11.6 Å². The lowest BCUT2D eigenvalue weighted by Crippen LogP contribution is -2.42. The molecule has 1 aromatic rings. The molecule has 9 nitrogen and oxygen atoms in total. The van der Waals surface area contributed by atoms with Crippen molar-refractivity contribution in [2.45, 2.75) is 19.4 Å². The van der Waals surface area contributed by atoms with Gasteiger partial charge >= 0.3 is 11.9 Å². The molecule has 21 heavy (non-hydrogen) atoms. The zero-order valence-corrected chi connectivity index (χ0v) is 10.9. The van der Waals surface area contributed by atoms with Gasteiger partial charge in [0.2, 0.25) is 0 Å². The first-order chi connectivity index (χ1) is 9.73. The first-order valence-electron chi connectivity index (χ1n) is 5.73. The van der Waals surface area contributed by atoms with Crippen molar-refractivity contribution in [3.63, 3.8) is 0 Å². The maximum Gasteiger partial charge on any atom is 0.326 e. The summed E-state index contributed by atoms with van der Waals surface area (Å²) in [5.41, 5.74) is -0.298. The van der Waals surface area contributed by atoms with Crippen molar-refractivity contribution in [3.8, 4) is 0 Å². The van der Waals surface area contributed by atoms with E-state index in [-0.39, 0.29) is 16.8 Å². The minimum Gasteiger partial charge on any atom is -0.481 e. The fraction of sp³-hybridized carbons (Fsp3) is 0.250. The summed E-state index contributed by atoms with van der Waals surface area (Å²) in [6.07, 6.45) is -0.797. The van der Waals surface area contributed by atoms with Crippen LogP contribution in [0.15, 0.2) is 18.2 Å². The zero-order chi connectivity index (χ0) is 16.2. The van der Waals surface area contributed by atoms with Crippen LogP contribution in [0.1, 0.15) is 22.3 Å². The average molecular weight is 296 g/mol. The van der Waals surface area contributed by atoms with E-state index in [4.69, 9.17) is 10.2 Å². The molecule has 0 aromatic heterocycles. The Kier molecular flexibility index (Phi) is 4.95. The van der Waals surface area contributed by atoms with Crippen LogP contribution in [0.5, 0.6) is 0 Å². The molecule has 0 fully saturated rings. The molecule has 0 aliphatic rings. The highest BCUT2D eigenvalue weighted by atomic mass is 16.6. The van der Waals surface area contributed by atoms with E-state index >= 15 is 0 Å². The fourth-order valence-electron chi connectivity index (χ4n) is 1.68. The van der Waals surface area contributed by atoms with Gasteiger partial charge in [-0.2, -0.15) is 0 Å². The molecule has 0 bridgehead atoms. The third-order valence-corrected chi connectivity index (χ3v) is 2.73. The molecule has 3 N–H and O–H groups in total. The molecule has 1 atom stereocenters. The van der Waals surface area contributed by atoms with Gasteiger partial charge < -0.3 is 15.5 Å². The number of nitro groups is 1. The Morgan fingerprint density at radius 2 is 1.95 bits per heavy atom. The van der Waals surface area contributed by atoms with Crippen LogP contribution in [0.3, 0.4) is 0 Å².